The van der Waals surface area contributed by atoms with Gasteiger partial charge in [0.05, 0.1) is 6.10 Å². The summed E-state index contributed by atoms with van der Waals surface area (Å²) in [5, 5.41) is 10.7. The quantitative estimate of drug-likeness (QED) is 0.169. The summed E-state index contributed by atoms with van der Waals surface area (Å²) in [6.45, 7) is 16.1. The second kappa shape index (κ2) is 15.7. The number of carbonyl (C=O) groups is 2. The number of aliphatic hydroxyl groups is 1. The van der Waals surface area contributed by atoms with E-state index in [1.54, 1.807) is 0 Å². The highest BCUT2D eigenvalue weighted by atomic mass is 16.5. The first-order valence-electron chi connectivity index (χ1n) is 13.2. The lowest BCUT2D eigenvalue weighted by Crippen LogP contribution is -2.34. The molecule has 0 saturated carbocycles. The molecule has 0 aromatic carbocycles. The number of ether oxygens (including phenoxy) is 1. The molecule has 4 heteroatoms. The number of Topliss-reactive ketones (excluding diaryl/α,β-unsaturated/α-hetero) is 1. The third-order valence-corrected chi connectivity index (χ3v) is 6.80. The van der Waals surface area contributed by atoms with Gasteiger partial charge in [-0.1, -0.05) is 80.9 Å². The third-order valence-electron chi connectivity index (χ3n) is 6.80. The van der Waals surface area contributed by atoms with Crippen LogP contribution in [0, 0.1) is 23.7 Å². The van der Waals surface area contributed by atoms with Crippen molar-refractivity contribution in [3.05, 3.63) is 59.3 Å². The van der Waals surface area contributed by atoms with Crippen LogP contribution in [-0.2, 0) is 14.3 Å². The van der Waals surface area contributed by atoms with Crippen molar-refractivity contribution >= 4 is 11.8 Å². The Hall–Kier alpha value is -2.20. The van der Waals surface area contributed by atoms with Gasteiger partial charge in [0.1, 0.15) is 11.9 Å². The molecule has 0 bridgehead atoms. The Kier molecular flexibility index (Phi) is 13.9. The number of esters is 1. The Morgan fingerprint density at radius 3 is 2.37 bits per heavy atom. The average Bonchev–Trinajstić information content (AvgIpc) is 2.81. The number of hydrogen-bond donors (Lipinski definition) is 1. The molecular weight excluding hydrogens is 436 g/mol. The Morgan fingerprint density at radius 2 is 1.74 bits per heavy atom. The monoisotopic (exact) mass is 484 g/mol. The summed E-state index contributed by atoms with van der Waals surface area (Å²) < 4.78 is 5.33. The van der Waals surface area contributed by atoms with Crippen molar-refractivity contribution < 1.29 is 19.4 Å². The van der Waals surface area contributed by atoms with Gasteiger partial charge in [-0.2, -0.15) is 0 Å². The van der Waals surface area contributed by atoms with Crippen LogP contribution in [0.4, 0.5) is 0 Å². The minimum absolute atomic E-state index is 0.0489. The summed E-state index contributed by atoms with van der Waals surface area (Å²) in [4.78, 5) is 24.3. The summed E-state index contributed by atoms with van der Waals surface area (Å²) in [6.07, 6.45) is 17.8. The number of rotatable bonds is 13. The van der Waals surface area contributed by atoms with Gasteiger partial charge in [0, 0.05) is 18.3 Å². The molecule has 35 heavy (non-hydrogen) atoms. The van der Waals surface area contributed by atoms with Gasteiger partial charge in [-0.3, -0.25) is 9.59 Å². The lowest BCUT2D eigenvalue weighted by atomic mass is 9.83. The first-order valence-corrected chi connectivity index (χ1v) is 13.2. The van der Waals surface area contributed by atoms with E-state index in [9.17, 15) is 14.7 Å². The Morgan fingerprint density at radius 1 is 1.09 bits per heavy atom. The predicted octanol–water partition coefficient (Wildman–Crippen LogP) is 7.31. The second-order valence-corrected chi connectivity index (χ2v) is 10.5. The van der Waals surface area contributed by atoms with E-state index in [2.05, 4.69) is 45.1 Å². The summed E-state index contributed by atoms with van der Waals surface area (Å²) in [5.41, 5.74) is 3.44. The zero-order valence-electron chi connectivity index (χ0n) is 23.2. The molecule has 0 aromatic rings. The van der Waals surface area contributed by atoms with Crippen LogP contribution in [0.25, 0.3) is 0 Å². The lowest BCUT2D eigenvalue weighted by Gasteiger charge is -2.25. The zero-order valence-corrected chi connectivity index (χ0v) is 23.2. The van der Waals surface area contributed by atoms with Gasteiger partial charge in [0.2, 0.25) is 0 Å². The number of ketones is 1. The van der Waals surface area contributed by atoms with E-state index < -0.39 is 12.0 Å². The molecule has 1 N–H and O–H groups in total. The van der Waals surface area contributed by atoms with E-state index in [0.29, 0.717) is 12.3 Å². The molecule has 0 unspecified atom stereocenters. The van der Waals surface area contributed by atoms with Gasteiger partial charge in [-0.15, -0.1) is 0 Å². The van der Waals surface area contributed by atoms with Gasteiger partial charge in [0.15, 0.2) is 0 Å². The molecule has 0 aromatic heterocycles. The SMILES string of the molecule is C/C=C(\C)C[C@H](C)[C@@H](O)[C@H](C)C(=O)[C@H](C)/C=C(C)/C=C/C[C@@H](C)/C=C(C)\C=C\[C@H]1CCCC(=O)O1. The van der Waals surface area contributed by atoms with Crippen molar-refractivity contribution in [3.63, 3.8) is 0 Å². The third kappa shape index (κ3) is 11.9. The highest BCUT2D eigenvalue weighted by Gasteiger charge is 2.29. The topological polar surface area (TPSA) is 63.6 Å². The lowest BCUT2D eigenvalue weighted by molar-refractivity contribution is -0.150. The smallest absolute Gasteiger partial charge is 0.306 e. The summed E-state index contributed by atoms with van der Waals surface area (Å²) in [7, 11) is 0. The molecule has 6 atom stereocenters. The fourth-order valence-electron chi connectivity index (χ4n) is 4.52. The Bertz CT molecular complexity index is 842. The van der Waals surface area contributed by atoms with Gasteiger partial charge in [-0.05, 0) is 71.3 Å². The fourth-order valence-corrected chi connectivity index (χ4v) is 4.52. The highest BCUT2D eigenvalue weighted by molar-refractivity contribution is 5.85. The van der Waals surface area contributed by atoms with Crippen LogP contribution < -0.4 is 0 Å². The summed E-state index contributed by atoms with van der Waals surface area (Å²) in [5.74, 6) is -0.238. The van der Waals surface area contributed by atoms with E-state index >= 15 is 0 Å². The molecule has 0 spiro atoms. The van der Waals surface area contributed by atoms with Crippen LogP contribution in [0.5, 0.6) is 0 Å². The van der Waals surface area contributed by atoms with Crippen molar-refractivity contribution in [2.45, 2.75) is 99.7 Å². The first kappa shape index (κ1) is 30.8. The van der Waals surface area contributed by atoms with Gasteiger partial charge in [0.25, 0.3) is 0 Å². The van der Waals surface area contributed by atoms with Crippen molar-refractivity contribution in [1.82, 2.24) is 0 Å². The van der Waals surface area contributed by atoms with Crippen molar-refractivity contribution in [3.8, 4) is 0 Å². The molecule has 1 saturated heterocycles. The van der Waals surface area contributed by atoms with Crippen molar-refractivity contribution in [1.29, 1.82) is 0 Å². The van der Waals surface area contributed by atoms with Crippen molar-refractivity contribution in [2.75, 3.05) is 0 Å². The molecule has 0 amide bonds. The maximum absolute atomic E-state index is 12.9. The largest absolute Gasteiger partial charge is 0.458 e. The van der Waals surface area contributed by atoms with Crippen LogP contribution in [0.2, 0.25) is 0 Å². The van der Waals surface area contributed by atoms with E-state index in [1.165, 1.54) is 5.57 Å². The molecule has 4 nitrogen and oxygen atoms in total. The van der Waals surface area contributed by atoms with Crippen molar-refractivity contribution in [2.24, 2.45) is 23.7 Å². The van der Waals surface area contributed by atoms with E-state index in [0.717, 1.165) is 36.8 Å². The molecule has 0 aliphatic carbocycles. The zero-order chi connectivity index (χ0) is 26.5. The molecule has 1 heterocycles. The standard InChI is InChI=1S/C31H48O4/c1-9-21(2)19-25(6)30(33)27(8)31(34)26(7)20-23(4)13-10-12-22(3)18-24(5)16-17-28-14-11-15-29(32)35-28/h9-10,13,16-18,20,22,25-28,30,33H,11-12,14-15,19H2,1-8H3/b13-10+,17-16+,21-9+,23-20+,24-18-/t22-,25+,26-,27+,28-,30-/m1/s1. The molecule has 1 aliphatic rings. The maximum atomic E-state index is 12.9. The van der Waals surface area contributed by atoms with Crippen LogP contribution in [-0.4, -0.2) is 29.1 Å². The average molecular weight is 485 g/mol. The van der Waals surface area contributed by atoms with Gasteiger partial charge in [-0.25, -0.2) is 0 Å². The molecule has 0 radical (unpaired) electrons. The molecular formula is C31H48O4. The minimum atomic E-state index is -0.640. The number of aliphatic hydroxyl groups excluding tert-OH is 1. The van der Waals surface area contributed by atoms with E-state index in [1.807, 2.05) is 52.8 Å². The summed E-state index contributed by atoms with van der Waals surface area (Å²) >= 11 is 0. The number of hydrogen-bond acceptors (Lipinski definition) is 4. The normalized spacial score (nSPS) is 22.7. The van der Waals surface area contributed by atoms with Crippen LogP contribution in [0.3, 0.4) is 0 Å². The Balaban J connectivity index is 2.58. The van der Waals surface area contributed by atoms with Gasteiger partial charge >= 0.3 is 5.97 Å². The molecule has 196 valence electrons. The summed E-state index contributed by atoms with van der Waals surface area (Å²) in [6, 6.07) is 0. The van der Waals surface area contributed by atoms with Crippen LogP contribution in [0.1, 0.15) is 87.5 Å². The second-order valence-electron chi connectivity index (χ2n) is 10.5. The number of carbonyl (C=O) groups excluding carboxylic acids is 2. The van der Waals surface area contributed by atoms with Crippen LogP contribution in [0.15, 0.2) is 59.3 Å². The number of cyclic esters (lactones) is 1. The first-order chi connectivity index (χ1) is 16.4. The number of allylic oxidation sites excluding steroid dienone is 9. The van der Waals surface area contributed by atoms with E-state index in [-0.39, 0.29) is 29.7 Å². The van der Waals surface area contributed by atoms with Gasteiger partial charge < -0.3 is 9.84 Å². The fraction of sp³-hybridized carbons (Fsp3) is 0.613. The molecule has 1 aliphatic heterocycles. The minimum Gasteiger partial charge on any atom is -0.458 e. The highest BCUT2D eigenvalue weighted by Crippen LogP contribution is 2.24. The van der Waals surface area contributed by atoms with E-state index in [4.69, 9.17) is 4.74 Å². The Labute approximate surface area is 213 Å². The maximum Gasteiger partial charge on any atom is 0.306 e. The predicted molar refractivity (Wildman–Crippen MR) is 146 cm³/mol. The molecule has 1 rings (SSSR count). The molecule has 1 fully saturated rings. The van der Waals surface area contributed by atoms with Crippen LogP contribution >= 0.6 is 0 Å².